The monoisotopic (exact) mass is 469 g/mol. The van der Waals surface area contributed by atoms with Crippen LogP contribution in [0.4, 0.5) is 0 Å². The predicted molar refractivity (Wildman–Crippen MR) is 130 cm³/mol. The largest absolute Gasteiger partial charge is 0.385 e. The van der Waals surface area contributed by atoms with Crippen molar-refractivity contribution in [3.05, 3.63) is 89.4 Å². The van der Waals surface area contributed by atoms with E-state index in [-0.39, 0.29) is 0 Å². The Kier molecular flexibility index (Phi) is 7.00. The predicted octanol–water partition coefficient (Wildman–Crippen LogP) is 3.31. The first-order valence-corrected chi connectivity index (χ1v) is 11.7. The average molecular weight is 470 g/mol. The van der Waals surface area contributed by atoms with E-state index < -0.39 is 6.10 Å². The van der Waals surface area contributed by atoms with Crippen LogP contribution in [0.15, 0.2) is 65.6 Å². The summed E-state index contributed by atoms with van der Waals surface area (Å²) < 4.78 is 12.8. The van der Waals surface area contributed by atoms with E-state index >= 15 is 0 Å². The molecule has 0 radical (unpaired) electrons. The Bertz CT molecular complexity index is 1310. The summed E-state index contributed by atoms with van der Waals surface area (Å²) in [5.74, 6) is 7.62. The third-order valence-electron chi connectivity index (χ3n) is 5.83. The lowest BCUT2D eigenvalue weighted by atomic mass is 10.1. The number of nitrogens with zero attached hydrogens (tertiary/aromatic N) is 4. The van der Waals surface area contributed by atoms with Crippen molar-refractivity contribution in [2.45, 2.75) is 38.6 Å². The average Bonchev–Trinajstić information content (AvgIpc) is 3.51. The number of imidazole rings is 1. The summed E-state index contributed by atoms with van der Waals surface area (Å²) in [6, 6.07) is 13.7. The summed E-state index contributed by atoms with van der Waals surface area (Å²) in [5, 5.41) is 17.3. The van der Waals surface area contributed by atoms with Gasteiger partial charge in [-0.15, -0.1) is 0 Å². The van der Waals surface area contributed by atoms with Gasteiger partial charge in [0.15, 0.2) is 5.76 Å². The Hall–Kier alpha value is -3.77. The first-order valence-electron chi connectivity index (χ1n) is 11.7. The second-order valence-corrected chi connectivity index (χ2v) is 8.55. The van der Waals surface area contributed by atoms with Crippen molar-refractivity contribution in [1.82, 2.24) is 25.0 Å². The second kappa shape index (κ2) is 10.7. The van der Waals surface area contributed by atoms with Gasteiger partial charge in [0.1, 0.15) is 17.6 Å². The van der Waals surface area contributed by atoms with Gasteiger partial charge in [-0.25, -0.2) is 4.98 Å². The molecule has 2 atom stereocenters. The molecule has 8 nitrogen and oxygen atoms in total. The molecular weight excluding hydrogens is 442 g/mol. The highest BCUT2D eigenvalue weighted by atomic mass is 16.5. The molecule has 1 unspecified atom stereocenters. The van der Waals surface area contributed by atoms with E-state index in [1.807, 2.05) is 53.2 Å². The first-order chi connectivity index (χ1) is 17.1. The van der Waals surface area contributed by atoms with E-state index in [4.69, 9.17) is 9.26 Å². The molecule has 0 bridgehead atoms. The van der Waals surface area contributed by atoms with Crippen LogP contribution < -0.4 is 5.32 Å². The molecule has 1 aliphatic rings. The van der Waals surface area contributed by atoms with Crippen molar-refractivity contribution >= 4 is 0 Å². The number of hydrogen-bond acceptors (Lipinski definition) is 7. The molecule has 5 rings (SSSR count). The zero-order valence-electron chi connectivity index (χ0n) is 19.5. The molecule has 178 valence electrons. The van der Waals surface area contributed by atoms with Crippen LogP contribution in [0.5, 0.6) is 0 Å². The van der Waals surface area contributed by atoms with Crippen LogP contribution in [-0.2, 0) is 17.8 Å². The summed E-state index contributed by atoms with van der Waals surface area (Å²) in [6.45, 7) is 4.63. The molecular formula is C27H27N5O3. The van der Waals surface area contributed by atoms with E-state index in [1.54, 1.807) is 19.3 Å². The van der Waals surface area contributed by atoms with Crippen LogP contribution in [0.1, 0.15) is 47.8 Å². The van der Waals surface area contributed by atoms with Gasteiger partial charge in [-0.3, -0.25) is 4.98 Å². The molecule has 0 aliphatic carbocycles. The number of aliphatic hydroxyl groups excluding tert-OH is 1. The number of aliphatic hydroxyl groups is 1. The third kappa shape index (κ3) is 5.84. The van der Waals surface area contributed by atoms with Crippen LogP contribution in [0, 0.1) is 11.8 Å². The lowest BCUT2D eigenvalue weighted by molar-refractivity contribution is -0.0484. The maximum Gasteiger partial charge on any atom is 0.167 e. The van der Waals surface area contributed by atoms with E-state index in [0.717, 1.165) is 54.2 Å². The van der Waals surface area contributed by atoms with Crippen molar-refractivity contribution in [2.24, 2.45) is 0 Å². The molecule has 1 aliphatic heterocycles. The maximum atomic E-state index is 9.82. The molecule has 1 aromatic carbocycles. The highest BCUT2D eigenvalue weighted by Gasteiger charge is 2.17. The Balaban J connectivity index is 1.17. The van der Waals surface area contributed by atoms with Gasteiger partial charge >= 0.3 is 0 Å². The van der Waals surface area contributed by atoms with E-state index in [9.17, 15) is 5.11 Å². The molecule has 0 spiro atoms. The van der Waals surface area contributed by atoms with Gasteiger partial charge in [0, 0.05) is 61.0 Å². The van der Waals surface area contributed by atoms with Crippen LogP contribution in [0.3, 0.4) is 0 Å². The zero-order chi connectivity index (χ0) is 24.0. The van der Waals surface area contributed by atoms with Gasteiger partial charge in [-0.05, 0) is 49.7 Å². The highest BCUT2D eigenvalue weighted by molar-refractivity contribution is 5.59. The topological polar surface area (TPSA) is 98.2 Å². The molecule has 1 fully saturated rings. The maximum absolute atomic E-state index is 9.82. The Labute approximate surface area is 204 Å². The molecule has 1 saturated heterocycles. The third-order valence-corrected chi connectivity index (χ3v) is 5.83. The Morgan fingerprint density at radius 3 is 2.63 bits per heavy atom. The number of nitrogens with one attached hydrogen (secondary N) is 1. The number of aromatic nitrogens is 4. The summed E-state index contributed by atoms with van der Waals surface area (Å²) in [7, 11) is 0. The number of hydrogen-bond donors (Lipinski definition) is 2. The van der Waals surface area contributed by atoms with Crippen molar-refractivity contribution < 1.29 is 14.4 Å². The van der Waals surface area contributed by atoms with Gasteiger partial charge in [-0.2, -0.15) is 0 Å². The summed E-state index contributed by atoms with van der Waals surface area (Å²) in [6.07, 6.45) is 6.12. The molecule has 0 amide bonds. The SMILES string of the molecule is C[C@H](O)c1nccn1Cc1cc(-c2ccc(C#Cc3ccc(CNCC4CCO4)nc3)cc2)on1. The molecule has 0 saturated carbocycles. The summed E-state index contributed by atoms with van der Waals surface area (Å²) >= 11 is 0. The van der Waals surface area contributed by atoms with Crippen molar-refractivity contribution in [2.75, 3.05) is 13.2 Å². The molecule has 4 heterocycles. The Morgan fingerprint density at radius 2 is 1.91 bits per heavy atom. The van der Waals surface area contributed by atoms with Gasteiger partial charge < -0.3 is 24.3 Å². The fourth-order valence-corrected chi connectivity index (χ4v) is 3.79. The van der Waals surface area contributed by atoms with Crippen molar-refractivity contribution in [1.29, 1.82) is 0 Å². The number of pyridine rings is 1. The van der Waals surface area contributed by atoms with E-state index in [1.165, 1.54) is 0 Å². The zero-order valence-corrected chi connectivity index (χ0v) is 19.5. The summed E-state index contributed by atoms with van der Waals surface area (Å²) in [5.41, 5.74) is 4.43. The minimum Gasteiger partial charge on any atom is -0.385 e. The minimum absolute atomic E-state index is 0.351. The van der Waals surface area contributed by atoms with Crippen molar-refractivity contribution in [3.63, 3.8) is 0 Å². The fourth-order valence-electron chi connectivity index (χ4n) is 3.79. The summed E-state index contributed by atoms with van der Waals surface area (Å²) in [4.78, 5) is 8.67. The Morgan fingerprint density at radius 1 is 1.11 bits per heavy atom. The molecule has 2 N–H and O–H groups in total. The standard InChI is InChI=1S/C27H27N5O3/c1-19(33)27-29-11-12-32(27)18-24-14-26(35-31-24)22-7-4-20(5-8-22)2-3-21-6-9-23(30-15-21)16-28-17-25-10-13-34-25/h4-9,11-12,14-15,19,25,28,33H,10,13,16-18H2,1H3/t19-,25?/m0/s1. The molecule has 4 aromatic rings. The van der Waals surface area contributed by atoms with Crippen molar-refractivity contribution in [3.8, 4) is 23.2 Å². The van der Waals surface area contributed by atoms with Crippen LogP contribution in [0.25, 0.3) is 11.3 Å². The quantitative estimate of drug-likeness (QED) is 0.382. The second-order valence-electron chi connectivity index (χ2n) is 8.55. The minimum atomic E-state index is -0.645. The first kappa shape index (κ1) is 23.0. The molecule has 35 heavy (non-hydrogen) atoms. The highest BCUT2D eigenvalue weighted by Crippen LogP contribution is 2.22. The van der Waals surface area contributed by atoms with Gasteiger partial charge in [-0.1, -0.05) is 17.0 Å². The lowest BCUT2D eigenvalue weighted by Gasteiger charge is -2.26. The molecule has 8 heteroatoms. The lowest BCUT2D eigenvalue weighted by Crippen LogP contribution is -2.36. The van der Waals surface area contributed by atoms with Gasteiger partial charge in [0.05, 0.1) is 18.3 Å². The fraction of sp³-hybridized carbons (Fsp3) is 0.296. The van der Waals surface area contributed by atoms with E-state index in [0.29, 0.717) is 24.2 Å². The normalized spacial score (nSPS) is 15.8. The van der Waals surface area contributed by atoms with Crippen LogP contribution >= 0.6 is 0 Å². The van der Waals surface area contributed by atoms with Gasteiger partial charge in [0.25, 0.3) is 0 Å². The number of benzene rings is 1. The molecule has 3 aromatic heterocycles. The number of ether oxygens (including phenoxy) is 1. The van der Waals surface area contributed by atoms with Gasteiger partial charge in [0.2, 0.25) is 0 Å². The van der Waals surface area contributed by atoms with Crippen LogP contribution in [-0.4, -0.2) is 44.1 Å². The number of rotatable bonds is 8. The van der Waals surface area contributed by atoms with E-state index in [2.05, 4.69) is 32.3 Å². The van der Waals surface area contributed by atoms with Crippen LogP contribution in [0.2, 0.25) is 0 Å². The smallest absolute Gasteiger partial charge is 0.167 e.